The third-order valence-electron chi connectivity index (χ3n) is 4.57. The molecule has 0 radical (unpaired) electrons. The maximum absolute atomic E-state index is 10.6. The maximum Gasteiger partial charge on any atom is 0.0774 e. The smallest absolute Gasteiger partial charge is 0.0774 e. The van der Waals surface area contributed by atoms with Gasteiger partial charge >= 0.3 is 0 Å². The van der Waals surface area contributed by atoms with Gasteiger partial charge in [0.1, 0.15) is 0 Å². The minimum absolute atomic E-state index is 0.373. The first-order chi connectivity index (χ1) is 8.72. The summed E-state index contributed by atoms with van der Waals surface area (Å²) in [6, 6.07) is 0. The lowest BCUT2D eigenvalue weighted by molar-refractivity contribution is 0.00402. The molecule has 106 valence electrons. The molecule has 0 amide bonds. The summed E-state index contributed by atoms with van der Waals surface area (Å²) in [5, 5.41) is 14.0. The van der Waals surface area contributed by atoms with E-state index in [1.54, 1.807) is 0 Å². The molecule has 0 aromatic rings. The van der Waals surface area contributed by atoms with Gasteiger partial charge in [0.2, 0.25) is 0 Å². The van der Waals surface area contributed by atoms with Gasteiger partial charge in [-0.2, -0.15) is 0 Å². The number of nitrogens with one attached hydrogen (secondary N) is 1. The number of nitrogens with zero attached hydrogens (tertiary/aromatic N) is 1. The Labute approximate surface area is 112 Å². The molecule has 3 nitrogen and oxygen atoms in total. The van der Waals surface area contributed by atoms with Crippen LogP contribution in [0.2, 0.25) is 0 Å². The highest BCUT2D eigenvalue weighted by Gasteiger charge is 2.33. The molecule has 2 N–H and O–H groups in total. The van der Waals surface area contributed by atoms with Crippen LogP contribution in [0.4, 0.5) is 0 Å². The van der Waals surface area contributed by atoms with E-state index in [0.29, 0.717) is 0 Å². The Morgan fingerprint density at radius 2 is 1.89 bits per heavy atom. The highest BCUT2D eigenvalue weighted by atomic mass is 16.3. The van der Waals surface area contributed by atoms with Gasteiger partial charge in [0, 0.05) is 13.1 Å². The molecule has 0 bridgehead atoms. The Morgan fingerprint density at radius 1 is 1.22 bits per heavy atom. The summed E-state index contributed by atoms with van der Waals surface area (Å²) >= 11 is 0. The molecule has 0 spiro atoms. The summed E-state index contributed by atoms with van der Waals surface area (Å²) in [5.41, 5.74) is -0.373. The van der Waals surface area contributed by atoms with Crippen LogP contribution in [0.1, 0.15) is 51.9 Å². The second-order valence-electron chi connectivity index (χ2n) is 6.36. The topological polar surface area (TPSA) is 35.5 Å². The fourth-order valence-electron chi connectivity index (χ4n) is 3.59. The molecule has 1 saturated carbocycles. The second-order valence-corrected chi connectivity index (χ2v) is 6.36. The van der Waals surface area contributed by atoms with Crippen LogP contribution in [0.25, 0.3) is 0 Å². The van der Waals surface area contributed by atoms with Gasteiger partial charge in [-0.15, -0.1) is 0 Å². The van der Waals surface area contributed by atoms with Gasteiger partial charge in [-0.05, 0) is 57.7 Å². The van der Waals surface area contributed by atoms with Crippen LogP contribution in [-0.2, 0) is 0 Å². The molecule has 1 heterocycles. The number of piperidine rings is 1. The van der Waals surface area contributed by atoms with E-state index in [-0.39, 0.29) is 5.60 Å². The Morgan fingerprint density at radius 3 is 2.50 bits per heavy atom. The molecule has 2 aliphatic rings. The quantitative estimate of drug-likeness (QED) is 0.761. The third kappa shape index (κ3) is 4.22. The maximum atomic E-state index is 10.6. The van der Waals surface area contributed by atoms with Crippen molar-refractivity contribution in [1.29, 1.82) is 0 Å². The number of rotatable bonds is 6. The normalized spacial score (nSPS) is 24.8. The van der Waals surface area contributed by atoms with E-state index in [2.05, 4.69) is 17.1 Å². The first-order valence-electron chi connectivity index (χ1n) is 7.87. The van der Waals surface area contributed by atoms with Crippen molar-refractivity contribution in [2.75, 3.05) is 32.7 Å². The van der Waals surface area contributed by atoms with Crippen LogP contribution in [0.15, 0.2) is 0 Å². The molecule has 2 fully saturated rings. The first-order valence-corrected chi connectivity index (χ1v) is 7.87. The zero-order chi connectivity index (χ0) is 12.8. The predicted molar refractivity (Wildman–Crippen MR) is 75.7 cm³/mol. The fraction of sp³-hybridized carbons (Fsp3) is 1.00. The standard InChI is InChI=1S/C15H30N2O/c1-2-11-17(12-14-5-9-16-10-6-14)13-15(18)7-3-4-8-15/h14,16,18H,2-13H2,1H3. The monoisotopic (exact) mass is 254 g/mol. The summed E-state index contributed by atoms with van der Waals surface area (Å²) in [4.78, 5) is 2.53. The van der Waals surface area contributed by atoms with Gasteiger partial charge in [0.25, 0.3) is 0 Å². The van der Waals surface area contributed by atoms with Crippen molar-refractivity contribution in [3.63, 3.8) is 0 Å². The third-order valence-corrected chi connectivity index (χ3v) is 4.57. The minimum Gasteiger partial charge on any atom is -0.389 e. The van der Waals surface area contributed by atoms with Crippen LogP contribution in [0.5, 0.6) is 0 Å². The molecule has 0 aromatic carbocycles. The van der Waals surface area contributed by atoms with E-state index in [1.165, 1.54) is 51.7 Å². The van der Waals surface area contributed by atoms with Gasteiger partial charge in [-0.25, -0.2) is 0 Å². The Hall–Kier alpha value is -0.120. The summed E-state index contributed by atoms with van der Waals surface area (Å²) in [5.74, 6) is 0.836. The average molecular weight is 254 g/mol. The largest absolute Gasteiger partial charge is 0.389 e. The molecule has 3 heteroatoms. The Bertz CT molecular complexity index is 233. The summed E-state index contributed by atoms with van der Waals surface area (Å²) < 4.78 is 0. The van der Waals surface area contributed by atoms with Gasteiger partial charge in [-0.1, -0.05) is 19.8 Å². The van der Waals surface area contributed by atoms with Crippen LogP contribution in [0.3, 0.4) is 0 Å². The number of hydrogen-bond acceptors (Lipinski definition) is 3. The molecular formula is C15H30N2O. The molecule has 1 aliphatic carbocycles. The number of hydrogen-bond donors (Lipinski definition) is 2. The zero-order valence-corrected chi connectivity index (χ0v) is 12.0. The summed E-state index contributed by atoms with van der Waals surface area (Å²) in [6.45, 7) is 7.84. The van der Waals surface area contributed by atoms with Crippen molar-refractivity contribution in [2.24, 2.45) is 5.92 Å². The Kier molecular flexibility index (Phi) is 5.46. The molecule has 2 rings (SSSR count). The first kappa shape index (κ1) is 14.3. The zero-order valence-electron chi connectivity index (χ0n) is 12.0. The lowest BCUT2D eigenvalue weighted by Crippen LogP contribution is -2.44. The SMILES string of the molecule is CCCN(CC1CCNCC1)CC1(O)CCCC1. The molecule has 1 aliphatic heterocycles. The number of aliphatic hydroxyl groups is 1. The van der Waals surface area contributed by atoms with Crippen LogP contribution < -0.4 is 5.32 Å². The molecule has 0 aromatic heterocycles. The summed E-state index contributed by atoms with van der Waals surface area (Å²) in [7, 11) is 0. The highest BCUT2D eigenvalue weighted by molar-refractivity contribution is 4.88. The van der Waals surface area contributed by atoms with Gasteiger partial charge < -0.3 is 15.3 Å². The molecule has 1 saturated heterocycles. The van der Waals surface area contributed by atoms with Gasteiger partial charge in [0.15, 0.2) is 0 Å². The summed E-state index contributed by atoms with van der Waals surface area (Å²) in [6.07, 6.45) is 8.25. The van der Waals surface area contributed by atoms with E-state index < -0.39 is 0 Å². The average Bonchev–Trinajstić information content (AvgIpc) is 2.77. The van der Waals surface area contributed by atoms with E-state index in [9.17, 15) is 5.11 Å². The van der Waals surface area contributed by atoms with Crippen LogP contribution >= 0.6 is 0 Å². The van der Waals surface area contributed by atoms with E-state index in [4.69, 9.17) is 0 Å². The predicted octanol–water partition coefficient (Wildman–Crippen LogP) is 2.00. The van der Waals surface area contributed by atoms with Crippen molar-refractivity contribution in [1.82, 2.24) is 10.2 Å². The highest BCUT2D eigenvalue weighted by Crippen LogP contribution is 2.30. The van der Waals surface area contributed by atoms with E-state index >= 15 is 0 Å². The van der Waals surface area contributed by atoms with Crippen LogP contribution in [0, 0.1) is 5.92 Å². The molecule has 0 atom stereocenters. The van der Waals surface area contributed by atoms with Gasteiger partial charge in [-0.3, -0.25) is 0 Å². The van der Waals surface area contributed by atoms with Crippen molar-refractivity contribution in [3.8, 4) is 0 Å². The molecular weight excluding hydrogens is 224 g/mol. The van der Waals surface area contributed by atoms with Crippen LogP contribution in [-0.4, -0.2) is 48.3 Å². The van der Waals surface area contributed by atoms with Crippen molar-refractivity contribution >= 4 is 0 Å². The van der Waals surface area contributed by atoms with E-state index in [1.807, 2.05) is 0 Å². The molecule has 0 unspecified atom stereocenters. The Balaban J connectivity index is 1.82. The van der Waals surface area contributed by atoms with Gasteiger partial charge in [0.05, 0.1) is 5.60 Å². The van der Waals surface area contributed by atoms with Crippen molar-refractivity contribution in [3.05, 3.63) is 0 Å². The van der Waals surface area contributed by atoms with Crippen molar-refractivity contribution in [2.45, 2.75) is 57.5 Å². The minimum atomic E-state index is -0.373. The van der Waals surface area contributed by atoms with E-state index in [0.717, 1.165) is 31.8 Å². The fourth-order valence-corrected chi connectivity index (χ4v) is 3.59. The molecule has 18 heavy (non-hydrogen) atoms. The van der Waals surface area contributed by atoms with Crippen molar-refractivity contribution < 1.29 is 5.11 Å². The lowest BCUT2D eigenvalue weighted by Gasteiger charge is -2.34. The lowest BCUT2D eigenvalue weighted by atomic mass is 9.95. The second kappa shape index (κ2) is 6.88.